The Kier molecular flexibility index (Phi) is 10.4. The molecule has 0 aromatic heterocycles. The van der Waals surface area contributed by atoms with Gasteiger partial charge >= 0.3 is 12.0 Å². The van der Waals surface area contributed by atoms with E-state index in [1.165, 1.54) is 30.4 Å². The zero-order valence-electron chi connectivity index (χ0n) is 24.2. The number of benzene rings is 1. The van der Waals surface area contributed by atoms with Crippen LogP contribution in [0.2, 0.25) is 0 Å². The van der Waals surface area contributed by atoms with E-state index in [2.05, 4.69) is 30.5 Å². The summed E-state index contributed by atoms with van der Waals surface area (Å²) in [6.45, 7) is 6.60. The van der Waals surface area contributed by atoms with Crippen molar-refractivity contribution >= 4 is 23.6 Å². The van der Waals surface area contributed by atoms with Crippen LogP contribution < -0.4 is 5.32 Å². The highest BCUT2D eigenvalue weighted by Crippen LogP contribution is 2.61. The SMILES string of the molecule is CC1CCC(NC(=O)N(CCCl)N=O)CC1.CCC(=O)OC1CCC2C3CCc4cc(O)ccc4C3CCC12C. The number of nitroso groups, excluding NO2 is 1. The normalized spacial score (nSPS) is 32.3. The molecule has 9 heteroatoms. The van der Waals surface area contributed by atoms with Crippen LogP contribution in [0.5, 0.6) is 5.75 Å². The number of ether oxygens (including phenoxy) is 1. The number of phenols is 1. The second-order valence-corrected chi connectivity index (χ2v) is 12.9. The fourth-order valence-corrected chi connectivity index (χ4v) is 8.03. The van der Waals surface area contributed by atoms with Gasteiger partial charge in [0.15, 0.2) is 0 Å². The van der Waals surface area contributed by atoms with Crippen LogP contribution in [0.3, 0.4) is 0 Å². The lowest BCUT2D eigenvalue weighted by Gasteiger charge is -2.50. The van der Waals surface area contributed by atoms with E-state index in [0.29, 0.717) is 29.9 Å². The van der Waals surface area contributed by atoms with Crippen LogP contribution >= 0.6 is 11.6 Å². The molecule has 0 radical (unpaired) electrons. The number of nitrogens with zero attached hydrogens (tertiary/aromatic N) is 2. The molecule has 1 aromatic carbocycles. The van der Waals surface area contributed by atoms with E-state index in [1.54, 1.807) is 0 Å². The minimum atomic E-state index is -0.435. The lowest BCUT2D eigenvalue weighted by molar-refractivity contribution is -0.157. The molecule has 0 aliphatic heterocycles. The van der Waals surface area contributed by atoms with Gasteiger partial charge in [-0.3, -0.25) is 4.79 Å². The summed E-state index contributed by atoms with van der Waals surface area (Å²) >= 11 is 5.46. The summed E-state index contributed by atoms with van der Waals surface area (Å²) in [5.74, 6) is 3.26. The number of hydrogen-bond donors (Lipinski definition) is 2. The first kappa shape index (κ1) is 30.6. The molecule has 0 spiro atoms. The average molecular weight is 576 g/mol. The molecule has 1 aromatic rings. The Morgan fingerprint density at radius 1 is 1.15 bits per heavy atom. The number of rotatable bonds is 6. The van der Waals surface area contributed by atoms with Crippen molar-refractivity contribution in [1.82, 2.24) is 10.3 Å². The van der Waals surface area contributed by atoms with Gasteiger partial charge in [0, 0.05) is 23.8 Å². The first-order chi connectivity index (χ1) is 19.2. The minimum Gasteiger partial charge on any atom is -0.508 e. The summed E-state index contributed by atoms with van der Waals surface area (Å²) in [6.07, 6.45) is 11.6. The van der Waals surface area contributed by atoms with Crippen molar-refractivity contribution in [3.05, 3.63) is 34.2 Å². The molecular formula is C31H46ClN3O5. The summed E-state index contributed by atoms with van der Waals surface area (Å²) in [5.41, 5.74) is 2.95. The molecule has 40 heavy (non-hydrogen) atoms. The summed E-state index contributed by atoms with van der Waals surface area (Å²) < 4.78 is 5.83. The van der Waals surface area contributed by atoms with E-state index in [0.717, 1.165) is 55.9 Å². The molecule has 222 valence electrons. The second-order valence-electron chi connectivity index (χ2n) is 12.6. The summed E-state index contributed by atoms with van der Waals surface area (Å²) in [5, 5.41) is 16.1. The highest BCUT2D eigenvalue weighted by molar-refractivity contribution is 6.18. The number of fused-ring (bicyclic) bond motifs is 5. The Balaban J connectivity index is 0.000000202. The number of urea groups is 1. The number of aromatic hydroxyl groups is 1. The summed E-state index contributed by atoms with van der Waals surface area (Å²) in [7, 11) is 0. The van der Waals surface area contributed by atoms with Gasteiger partial charge in [0.25, 0.3) is 0 Å². The van der Waals surface area contributed by atoms with E-state index >= 15 is 0 Å². The number of carbonyl (C=O) groups excluding carboxylic acids is 2. The second kappa shape index (κ2) is 13.5. The van der Waals surface area contributed by atoms with Crippen LogP contribution in [0.15, 0.2) is 23.5 Å². The first-order valence-electron chi connectivity index (χ1n) is 15.2. The zero-order chi connectivity index (χ0) is 28.9. The predicted octanol–water partition coefficient (Wildman–Crippen LogP) is 7.07. The largest absolute Gasteiger partial charge is 0.508 e. The third-order valence-corrected chi connectivity index (χ3v) is 10.3. The zero-order valence-corrected chi connectivity index (χ0v) is 25.0. The van der Waals surface area contributed by atoms with Crippen LogP contribution in [-0.4, -0.2) is 46.7 Å². The first-order valence-corrected chi connectivity index (χ1v) is 15.7. The van der Waals surface area contributed by atoms with E-state index in [9.17, 15) is 19.6 Å². The predicted molar refractivity (Wildman–Crippen MR) is 156 cm³/mol. The third kappa shape index (κ3) is 6.75. The molecule has 3 saturated carbocycles. The Morgan fingerprint density at radius 3 is 2.58 bits per heavy atom. The smallest absolute Gasteiger partial charge is 0.340 e. The molecule has 5 atom stereocenters. The molecule has 0 saturated heterocycles. The highest BCUT2D eigenvalue weighted by atomic mass is 35.5. The molecule has 5 rings (SSSR count). The lowest BCUT2D eigenvalue weighted by Crippen LogP contribution is -2.45. The average Bonchev–Trinajstić information content (AvgIpc) is 3.28. The molecule has 8 nitrogen and oxygen atoms in total. The highest BCUT2D eigenvalue weighted by Gasteiger charge is 2.56. The number of esters is 1. The number of amides is 2. The van der Waals surface area contributed by atoms with Crippen LogP contribution in [0.25, 0.3) is 0 Å². The van der Waals surface area contributed by atoms with Crippen molar-refractivity contribution in [2.45, 2.75) is 109 Å². The van der Waals surface area contributed by atoms with Gasteiger partial charge in [-0.25, -0.2) is 4.79 Å². The van der Waals surface area contributed by atoms with Crippen LogP contribution in [0.1, 0.15) is 102 Å². The van der Waals surface area contributed by atoms with E-state index in [-0.39, 0.29) is 36.0 Å². The van der Waals surface area contributed by atoms with E-state index in [4.69, 9.17) is 16.3 Å². The van der Waals surface area contributed by atoms with Gasteiger partial charge in [-0.05, 0) is 111 Å². The number of phenolic OH excluding ortho intramolecular Hbond substituents is 1. The molecule has 2 amide bonds. The maximum absolute atomic E-state index is 11.8. The lowest BCUT2D eigenvalue weighted by atomic mass is 9.55. The molecule has 4 aliphatic rings. The number of nitrogens with one attached hydrogen (secondary N) is 1. The van der Waals surface area contributed by atoms with Crippen LogP contribution in [0.4, 0.5) is 4.79 Å². The number of alkyl halides is 1. The number of carbonyl (C=O) groups is 2. The number of halogens is 1. The molecule has 3 fully saturated rings. The monoisotopic (exact) mass is 575 g/mol. The molecule has 0 heterocycles. The fourth-order valence-electron chi connectivity index (χ4n) is 7.87. The van der Waals surface area contributed by atoms with Crippen molar-refractivity contribution in [3.8, 4) is 5.75 Å². The van der Waals surface area contributed by atoms with Gasteiger partial charge in [0.1, 0.15) is 11.9 Å². The van der Waals surface area contributed by atoms with Gasteiger partial charge in [0.2, 0.25) is 0 Å². The molecule has 0 bridgehead atoms. The van der Waals surface area contributed by atoms with E-state index < -0.39 is 6.03 Å². The van der Waals surface area contributed by atoms with Gasteiger partial charge in [-0.1, -0.05) is 26.8 Å². The minimum absolute atomic E-state index is 0.0477. The Bertz CT molecular complexity index is 1050. The van der Waals surface area contributed by atoms with Crippen molar-refractivity contribution in [2.75, 3.05) is 12.4 Å². The third-order valence-electron chi connectivity index (χ3n) is 10.2. The van der Waals surface area contributed by atoms with Gasteiger partial charge in [-0.2, -0.15) is 5.01 Å². The Labute approximate surface area is 243 Å². The van der Waals surface area contributed by atoms with Gasteiger partial charge < -0.3 is 15.2 Å². The van der Waals surface area contributed by atoms with Crippen LogP contribution in [-0.2, 0) is 16.0 Å². The maximum Gasteiger partial charge on any atom is 0.340 e. The molecule has 2 N–H and O–H groups in total. The van der Waals surface area contributed by atoms with Gasteiger partial charge in [-0.15, -0.1) is 16.5 Å². The molecule has 5 unspecified atom stereocenters. The summed E-state index contributed by atoms with van der Waals surface area (Å²) in [4.78, 5) is 33.8. The Hall–Kier alpha value is -2.35. The van der Waals surface area contributed by atoms with E-state index in [1.807, 2.05) is 19.1 Å². The number of aryl methyl sites for hydroxylation is 1. The van der Waals surface area contributed by atoms with Crippen molar-refractivity contribution in [1.29, 1.82) is 0 Å². The van der Waals surface area contributed by atoms with Crippen LogP contribution in [0, 0.1) is 28.1 Å². The van der Waals surface area contributed by atoms with Crippen molar-refractivity contribution < 1.29 is 19.4 Å². The van der Waals surface area contributed by atoms with Crippen molar-refractivity contribution in [2.24, 2.45) is 28.5 Å². The fraction of sp³-hybridized carbons (Fsp3) is 0.742. The summed E-state index contributed by atoms with van der Waals surface area (Å²) in [6, 6.07) is 5.68. The molecular weight excluding hydrogens is 530 g/mol. The standard InChI is InChI=1S/C21H28O3.C10H18ClN3O2/c1-3-20(23)24-19-9-8-18-17-6-4-13-12-14(22)5-7-15(13)16(17)10-11-21(18,19)2;1-8-2-4-9(5-3-8)12-10(15)14(13-16)7-6-11/h5,7,12,16-19,22H,3-4,6,8-11H2,1-2H3;8-9H,2-7H2,1H3,(H,12,15). The van der Waals surface area contributed by atoms with Crippen molar-refractivity contribution in [3.63, 3.8) is 0 Å². The molecule has 4 aliphatic carbocycles. The number of hydrogen-bond acceptors (Lipinski definition) is 6. The maximum atomic E-state index is 11.8. The Morgan fingerprint density at radius 2 is 1.90 bits per heavy atom. The topological polar surface area (TPSA) is 108 Å². The quantitative estimate of drug-likeness (QED) is 0.163. The van der Waals surface area contributed by atoms with Gasteiger partial charge in [0.05, 0.1) is 11.8 Å².